The van der Waals surface area contributed by atoms with Crippen molar-refractivity contribution >= 4 is 17.7 Å². The van der Waals surface area contributed by atoms with E-state index in [9.17, 15) is 32.7 Å². The Kier molecular flexibility index (Phi) is 8.79. The van der Waals surface area contributed by atoms with Crippen molar-refractivity contribution in [3.8, 4) is 0 Å². The Morgan fingerprint density at radius 3 is 2.18 bits per heavy atom. The Morgan fingerprint density at radius 1 is 1.00 bits per heavy atom. The second kappa shape index (κ2) is 11.1. The lowest BCUT2D eigenvalue weighted by Gasteiger charge is -2.30. The standard InChI is InChI=1S/C25H28F3NO4/c1-16(2)12-21(24(32)33)29(3)23(31)19(13-17-8-5-4-6-9-17)15-22(30)18-10-7-11-20(14-18)25(26,27)28/h4-11,14,16,19,21H,12-13,15H2,1-3H3,(H,32,33)/t19?,21-/m1/s1. The van der Waals surface area contributed by atoms with E-state index in [1.54, 1.807) is 30.3 Å². The fourth-order valence-corrected chi connectivity index (χ4v) is 3.67. The molecule has 2 aromatic carbocycles. The van der Waals surface area contributed by atoms with Crippen LogP contribution in [0.1, 0.15) is 48.2 Å². The minimum absolute atomic E-state index is 0.0145. The van der Waals surface area contributed by atoms with E-state index in [0.29, 0.717) is 0 Å². The summed E-state index contributed by atoms with van der Waals surface area (Å²) < 4.78 is 39.2. The molecule has 2 rings (SSSR count). The van der Waals surface area contributed by atoms with Crippen LogP contribution in [0.25, 0.3) is 0 Å². The number of aliphatic carboxylic acids is 1. The first-order valence-electron chi connectivity index (χ1n) is 10.6. The Bertz CT molecular complexity index is 973. The van der Waals surface area contributed by atoms with Crippen LogP contribution < -0.4 is 0 Å². The van der Waals surface area contributed by atoms with Gasteiger partial charge >= 0.3 is 12.1 Å². The van der Waals surface area contributed by atoms with E-state index in [1.165, 1.54) is 13.1 Å². The summed E-state index contributed by atoms with van der Waals surface area (Å²) in [6.45, 7) is 3.68. The van der Waals surface area contributed by atoms with Crippen LogP contribution in [0.4, 0.5) is 13.2 Å². The van der Waals surface area contributed by atoms with E-state index in [-0.39, 0.29) is 30.7 Å². The molecule has 0 fully saturated rings. The zero-order valence-corrected chi connectivity index (χ0v) is 18.8. The Morgan fingerprint density at radius 2 is 1.64 bits per heavy atom. The summed E-state index contributed by atoms with van der Waals surface area (Å²) >= 11 is 0. The molecule has 178 valence electrons. The summed E-state index contributed by atoms with van der Waals surface area (Å²) in [6, 6.07) is 11.9. The number of carbonyl (C=O) groups excluding carboxylic acids is 2. The molecule has 0 aliphatic heterocycles. The SMILES string of the molecule is CC(C)C[C@H](C(=O)O)N(C)C(=O)C(CC(=O)c1cccc(C(F)(F)F)c1)Cc1ccccc1. The predicted octanol–water partition coefficient (Wildman–Crippen LogP) is 5.09. The number of rotatable bonds is 10. The molecule has 0 saturated heterocycles. The van der Waals surface area contributed by atoms with Crippen molar-refractivity contribution in [3.63, 3.8) is 0 Å². The van der Waals surface area contributed by atoms with Crippen LogP contribution in [-0.2, 0) is 22.2 Å². The van der Waals surface area contributed by atoms with Crippen molar-refractivity contribution in [1.29, 1.82) is 0 Å². The molecule has 0 bridgehead atoms. The molecule has 2 atom stereocenters. The molecule has 0 spiro atoms. The minimum atomic E-state index is -4.60. The number of likely N-dealkylation sites (N-methyl/N-ethyl adjacent to an activating group) is 1. The number of carboxylic acids is 1. The maximum Gasteiger partial charge on any atom is 0.416 e. The smallest absolute Gasteiger partial charge is 0.416 e. The van der Waals surface area contributed by atoms with Crippen molar-refractivity contribution in [2.45, 2.75) is 45.3 Å². The Hall–Kier alpha value is -3.16. The molecule has 5 nitrogen and oxygen atoms in total. The maximum atomic E-state index is 13.3. The zero-order chi connectivity index (χ0) is 24.8. The first-order valence-corrected chi connectivity index (χ1v) is 10.6. The second-order valence-electron chi connectivity index (χ2n) is 8.53. The number of nitrogens with zero attached hydrogens (tertiary/aromatic N) is 1. The van der Waals surface area contributed by atoms with Crippen LogP contribution in [0.2, 0.25) is 0 Å². The fraction of sp³-hybridized carbons (Fsp3) is 0.400. The molecule has 0 radical (unpaired) electrons. The third kappa shape index (κ3) is 7.44. The number of carbonyl (C=O) groups is 3. The summed E-state index contributed by atoms with van der Waals surface area (Å²) in [5.74, 6) is -3.21. The van der Waals surface area contributed by atoms with E-state index < -0.39 is 41.4 Å². The third-order valence-electron chi connectivity index (χ3n) is 5.41. The van der Waals surface area contributed by atoms with Gasteiger partial charge in [-0.05, 0) is 36.5 Å². The summed E-state index contributed by atoms with van der Waals surface area (Å²) in [6.07, 6.45) is -4.55. The van der Waals surface area contributed by atoms with Crippen LogP contribution in [0.3, 0.4) is 0 Å². The quantitative estimate of drug-likeness (QED) is 0.498. The number of ketones is 1. The number of benzene rings is 2. The van der Waals surface area contributed by atoms with Gasteiger partial charge in [-0.25, -0.2) is 4.79 Å². The van der Waals surface area contributed by atoms with Crippen molar-refractivity contribution < 1.29 is 32.7 Å². The van der Waals surface area contributed by atoms with E-state index in [0.717, 1.165) is 28.7 Å². The Balaban J connectivity index is 2.33. The predicted molar refractivity (Wildman–Crippen MR) is 118 cm³/mol. The van der Waals surface area contributed by atoms with Crippen LogP contribution in [-0.4, -0.2) is 40.8 Å². The second-order valence-corrected chi connectivity index (χ2v) is 8.53. The van der Waals surface area contributed by atoms with Gasteiger partial charge in [0.1, 0.15) is 6.04 Å². The molecule has 0 aliphatic rings. The number of Topliss-reactive ketones (excluding diaryl/α,β-unsaturated/α-hetero) is 1. The van der Waals surface area contributed by atoms with E-state index in [1.807, 2.05) is 13.8 Å². The monoisotopic (exact) mass is 463 g/mol. The summed E-state index contributed by atoms with van der Waals surface area (Å²) in [7, 11) is 1.39. The van der Waals surface area contributed by atoms with Crippen molar-refractivity contribution in [2.24, 2.45) is 11.8 Å². The van der Waals surface area contributed by atoms with Gasteiger partial charge in [0.25, 0.3) is 0 Å². The average molecular weight is 463 g/mol. The lowest BCUT2D eigenvalue weighted by atomic mass is 9.89. The highest BCUT2D eigenvalue weighted by Gasteiger charge is 2.34. The topological polar surface area (TPSA) is 74.7 Å². The van der Waals surface area contributed by atoms with E-state index in [4.69, 9.17) is 0 Å². The normalized spacial score (nSPS) is 13.4. The molecule has 1 unspecified atom stereocenters. The summed E-state index contributed by atoms with van der Waals surface area (Å²) in [5, 5.41) is 9.61. The Labute approximate surface area is 191 Å². The maximum absolute atomic E-state index is 13.3. The molecule has 0 aromatic heterocycles. The molecule has 0 heterocycles. The van der Waals surface area contributed by atoms with Gasteiger partial charge in [0.2, 0.25) is 5.91 Å². The van der Waals surface area contributed by atoms with Gasteiger partial charge in [-0.1, -0.05) is 56.3 Å². The van der Waals surface area contributed by atoms with Crippen LogP contribution in [0, 0.1) is 11.8 Å². The van der Waals surface area contributed by atoms with Gasteiger partial charge in [0, 0.05) is 24.9 Å². The largest absolute Gasteiger partial charge is 0.480 e. The number of alkyl halides is 3. The number of carboxylic acid groups (broad SMARTS) is 1. The van der Waals surface area contributed by atoms with Crippen LogP contribution in [0.15, 0.2) is 54.6 Å². The number of hydrogen-bond acceptors (Lipinski definition) is 3. The molecular weight excluding hydrogens is 435 g/mol. The van der Waals surface area contributed by atoms with Crippen molar-refractivity contribution in [1.82, 2.24) is 4.90 Å². The van der Waals surface area contributed by atoms with Gasteiger partial charge in [-0.3, -0.25) is 9.59 Å². The highest BCUT2D eigenvalue weighted by Crippen LogP contribution is 2.30. The fourth-order valence-electron chi connectivity index (χ4n) is 3.67. The van der Waals surface area contributed by atoms with E-state index >= 15 is 0 Å². The highest BCUT2D eigenvalue weighted by molar-refractivity contribution is 5.99. The number of hydrogen-bond donors (Lipinski definition) is 1. The molecule has 0 aliphatic carbocycles. The van der Waals surface area contributed by atoms with E-state index in [2.05, 4.69) is 0 Å². The summed E-state index contributed by atoms with van der Waals surface area (Å²) in [5.41, 5.74) is -0.327. The van der Waals surface area contributed by atoms with Gasteiger partial charge in [0.15, 0.2) is 5.78 Å². The molecule has 8 heteroatoms. The van der Waals surface area contributed by atoms with Crippen LogP contribution in [0.5, 0.6) is 0 Å². The number of halogens is 3. The van der Waals surface area contributed by atoms with Crippen molar-refractivity contribution in [3.05, 3.63) is 71.3 Å². The first kappa shape index (κ1) is 26.1. The zero-order valence-electron chi connectivity index (χ0n) is 18.8. The number of amides is 1. The third-order valence-corrected chi connectivity index (χ3v) is 5.41. The lowest BCUT2D eigenvalue weighted by molar-refractivity contribution is -0.151. The van der Waals surface area contributed by atoms with Crippen LogP contribution >= 0.6 is 0 Å². The summed E-state index contributed by atoms with van der Waals surface area (Å²) in [4.78, 5) is 39.1. The van der Waals surface area contributed by atoms with Gasteiger partial charge in [-0.2, -0.15) is 13.2 Å². The molecular formula is C25H28F3NO4. The lowest BCUT2D eigenvalue weighted by Crippen LogP contribution is -2.46. The van der Waals surface area contributed by atoms with Gasteiger partial charge < -0.3 is 10.0 Å². The highest BCUT2D eigenvalue weighted by atomic mass is 19.4. The molecule has 0 saturated carbocycles. The first-order chi connectivity index (χ1) is 15.4. The minimum Gasteiger partial charge on any atom is -0.480 e. The molecule has 1 amide bonds. The molecule has 2 aromatic rings. The van der Waals surface area contributed by atoms with Gasteiger partial charge in [-0.15, -0.1) is 0 Å². The van der Waals surface area contributed by atoms with Crippen molar-refractivity contribution in [2.75, 3.05) is 7.05 Å². The molecule has 1 N–H and O–H groups in total. The average Bonchev–Trinajstić information content (AvgIpc) is 2.76. The van der Waals surface area contributed by atoms with Gasteiger partial charge in [0.05, 0.1) is 5.56 Å². The molecule has 33 heavy (non-hydrogen) atoms.